The van der Waals surface area contributed by atoms with E-state index in [1.165, 1.54) is 11.1 Å². The van der Waals surface area contributed by atoms with Crippen LogP contribution in [0.2, 0.25) is 0 Å². The average Bonchev–Trinajstić information content (AvgIpc) is 2.44. The standard InChI is InChI=1S/C17H25NO3/c1-12(2)10-18(11-17(19)20)16-6-4-5-13-9-14(21-3)7-8-15(13)16/h7-9,12,16H,4-6,10-11H2,1-3H3,(H,19,20). The first-order valence-electron chi connectivity index (χ1n) is 7.64. The maximum absolute atomic E-state index is 11.2. The number of methoxy groups -OCH3 is 1. The Morgan fingerprint density at radius 3 is 2.86 bits per heavy atom. The van der Waals surface area contributed by atoms with Gasteiger partial charge in [0.15, 0.2) is 0 Å². The van der Waals surface area contributed by atoms with Crippen molar-refractivity contribution < 1.29 is 14.6 Å². The molecule has 0 spiro atoms. The smallest absolute Gasteiger partial charge is 0.317 e. The Morgan fingerprint density at radius 1 is 1.48 bits per heavy atom. The topological polar surface area (TPSA) is 49.8 Å². The molecule has 1 N–H and O–H groups in total. The van der Waals surface area contributed by atoms with Crippen LogP contribution in [-0.2, 0) is 11.2 Å². The number of fused-ring (bicyclic) bond motifs is 1. The molecule has 0 saturated carbocycles. The summed E-state index contributed by atoms with van der Waals surface area (Å²) in [7, 11) is 1.68. The minimum Gasteiger partial charge on any atom is -0.497 e. The molecule has 0 radical (unpaired) electrons. The molecule has 0 bridgehead atoms. The lowest BCUT2D eigenvalue weighted by Crippen LogP contribution is -2.37. The molecule has 1 aliphatic rings. The fourth-order valence-corrected chi connectivity index (χ4v) is 3.22. The summed E-state index contributed by atoms with van der Waals surface area (Å²) in [5.74, 6) is 0.576. The Morgan fingerprint density at radius 2 is 2.24 bits per heavy atom. The second-order valence-corrected chi connectivity index (χ2v) is 6.19. The van der Waals surface area contributed by atoms with Crippen molar-refractivity contribution in [2.24, 2.45) is 5.92 Å². The number of ether oxygens (including phenoxy) is 1. The van der Waals surface area contributed by atoms with Crippen LogP contribution in [0.25, 0.3) is 0 Å². The number of hydrogen-bond donors (Lipinski definition) is 1. The number of nitrogens with zero attached hydrogens (tertiary/aromatic N) is 1. The SMILES string of the molecule is COc1ccc2c(c1)CCCC2N(CC(=O)O)CC(C)C. The van der Waals surface area contributed by atoms with E-state index < -0.39 is 5.97 Å². The quantitative estimate of drug-likeness (QED) is 0.875. The van der Waals surface area contributed by atoms with Crippen molar-refractivity contribution in [1.29, 1.82) is 0 Å². The van der Waals surface area contributed by atoms with Gasteiger partial charge in [-0.15, -0.1) is 0 Å². The monoisotopic (exact) mass is 291 g/mol. The molecule has 0 saturated heterocycles. The van der Waals surface area contributed by atoms with Crippen LogP contribution in [0.4, 0.5) is 0 Å². The second kappa shape index (κ2) is 6.94. The fraction of sp³-hybridized carbons (Fsp3) is 0.588. The minimum atomic E-state index is -0.753. The zero-order chi connectivity index (χ0) is 15.4. The zero-order valence-corrected chi connectivity index (χ0v) is 13.1. The largest absolute Gasteiger partial charge is 0.497 e. The van der Waals surface area contributed by atoms with Crippen LogP contribution in [-0.4, -0.2) is 36.2 Å². The molecule has 1 aromatic rings. The third-order valence-corrected chi connectivity index (χ3v) is 4.01. The van der Waals surface area contributed by atoms with Gasteiger partial charge in [0.2, 0.25) is 0 Å². The van der Waals surface area contributed by atoms with Gasteiger partial charge in [-0.2, -0.15) is 0 Å². The first kappa shape index (κ1) is 15.8. The molecular formula is C17H25NO3. The lowest BCUT2D eigenvalue weighted by molar-refractivity contribution is -0.139. The number of aliphatic carboxylic acids is 1. The molecule has 1 unspecified atom stereocenters. The van der Waals surface area contributed by atoms with Gasteiger partial charge in [0.05, 0.1) is 13.7 Å². The van der Waals surface area contributed by atoms with Crippen LogP contribution in [0.1, 0.15) is 43.9 Å². The predicted molar refractivity (Wildman–Crippen MR) is 82.7 cm³/mol. The van der Waals surface area contributed by atoms with Crippen LogP contribution >= 0.6 is 0 Å². The van der Waals surface area contributed by atoms with Gasteiger partial charge < -0.3 is 9.84 Å². The third kappa shape index (κ3) is 3.97. The van der Waals surface area contributed by atoms with Crippen molar-refractivity contribution in [3.8, 4) is 5.75 Å². The van der Waals surface area contributed by atoms with Gasteiger partial charge >= 0.3 is 5.97 Å². The van der Waals surface area contributed by atoms with Gasteiger partial charge in [-0.05, 0) is 48.4 Å². The molecule has 4 heteroatoms. The van der Waals surface area contributed by atoms with E-state index in [-0.39, 0.29) is 12.6 Å². The molecule has 0 fully saturated rings. The number of carboxylic acids is 1. The number of carboxylic acid groups (broad SMARTS) is 1. The van der Waals surface area contributed by atoms with Crippen molar-refractivity contribution in [2.75, 3.05) is 20.2 Å². The van der Waals surface area contributed by atoms with E-state index in [9.17, 15) is 9.90 Å². The summed E-state index contributed by atoms with van der Waals surface area (Å²) in [5, 5.41) is 9.20. The maximum atomic E-state index is 11.2. The van der Waals surface area contributed by atoms with E-state index in [4.69, 9.17) is 4.74 Å². The summed E-state index contributed by atoms with van der Waals surface area (Å²) in [5.41, 5.74) is 2.56. The molecule has 116 valence electrons. The average molecular weight is 291 g/mol. The van der Waals surface area contributed by atoms with Crippen molar-refractivity contribution in [3.05, 3.63) is 29.3 Å². The van der Waals surface area contributed by atoms with Gasteiger partial charge in [0.25, 0.3) is 0 Å². The third-order valence-electron chi connectivity index (χ3n) is 4.01. The van der Waals surface area contributed by atoms with E-state index in [1.807, 2.05) is 6.07 Å². The van der Waals surface area contributed by atoms with Crippen molar-refractivity contribution >= 4 is 5.97 Å². The molecule has 2 rings (SSSR count). The predicted octanol–water partition coefficient (Wildman–Crippen LogP) is 3.12. The maximum Gasteiger partial charge on any atom is 0.317 e. The lowest BCUT2D eigenvalue weighted by Gasteiger charge is -2.36. The number of carbonyl (C=O) groups is 1. The molecule has 4 nitrogen and oxygen atoms in total. The van der Waals surface area contributed by atoms with E-state index in [1.54, 1.807) is 7.11 Å². The highest BCUT2D eigenvalue weighted by Crippen LogP contribution is 2.36. The summed E-state index contributed by atoms with van der Waals surface area (Å²) in [6, 6.07) is 6.38. The van der Waals surface area contributed by atoms with Crippen molar-refractivity contribution in [2.45, 2.75) is 39.2 Å². The Kier molecular flexibility index (Phi) is 5.23. The number of aryl methyl sites for hydroxylation is 1. The van der Waals surface area contributed by atoms with Crippen LogP contribution in [0.3, 0.4) is 0 Å². The highest BCUT2D eigenvalue weighted by Gasteiger charge is 2.27. The lowest BCUT2D eigenvalue weighted by atomic mass is 9.86. The van der Waals surface area contributed by atoms with Gasteiger partial charge in [-0.25, -0.2) is 0 Å². The van der Waals surface area contributed by atoms with E-state index in [0.29, 0.717) is 5.92 Å². The van der Waals surface area contributed by atoms with E-state index in [0.717, 1.165) is 31.6 Å². The van der Waals surface area contributed by atoms with Crippen molar-refractivity contribution in [3.63, 3.8) is 0 Å². The summed E-state index contributed by atoms with van der Waals surface area (Å²) in [6.45, 7) is 5.18. The molecule has 0 heterocycles. The molecule has 0 aliphatic heterocycles. The van der Waals surface area contributed by atoms with Crippen LogP contribution in [0.15, 0.2) is 18.2 Å². The highest BCUT2D eigenvalue weighted by molar-refractivity contribution is 5.69. The molecule has 0 amide bonds. The molecule has 1 atom stereocenters. The first-order chi connectivity index (χ1) is 10.0. The first-order valence-corrected chi connectivity index (χ1v) is 7.64. The molecular weight excluding hydrogens is 266 g/mol. The van der Waals surface area contributed by atoms with Crippen LogP contribution < -0.4 is 4.74 Å². The molecule has 1 aromatic carbocycles. The second-order valence-electron chi connectivity index (χ2n) is 6.19. The Bertz CT molecular complexity index is 499. The number of rotatable bonds is 6. The number of hydrogen-bond acceptors (Lipinski definition) is 3. The minimum absolute atomic E-state index is 0.105. The summed E-state index contributed by atoms with van der Waals surface area (Å²) in [6.07, 6.45) is 3.17. The Labute approximate surface area is 126 Å². The van der Waals surface area contributed by atoms with Gasteiger partial charge in [-0.1, -0.05) is 19.9 Å². The Balaban J connectivity index is 2.28. The normalized spacial score (nSPS) is 17.9. The summed E-state index contributed by atoms with van der Waals surface area (Å²) >= 11 is 0. The van der Waals surface area contributed by atoms with E-state index >= 15 is 0 Å². The van der Waals surface area contributed by atoms with E-state index in [2.05, 4.69) is 30.9 Å². The molecule has 21 heavy (non-hydrogen) atoms. The Hall–Kier alpha value is -1.55. The van der Waals surface area contributed by atoms with Crippen LogP contribution in [0.5, 0.6) is 5.75 Å². The summed E-state index contributed by atoms with van der Waals surface area (Å²) < 4.78 is 5.30. The number of benzene rings is 1. The molecule has 0 aromatic heterocycles. The zero-order valence-electron chi connectivity index (χ0n) is 13.1. The highest BCUT2D eigenvalue weighted by atomic mass is 16.5. The fourth-order valence-electron chi connectivity index (χ4n) is 3.22. The van der Waals surface area contributed by atoms with Crippen molar-refractivity contribution in [1.82, 2.24) is 4.90 Å². The van der Waals surface area contributed by atoms with Gasteiger partial charge in [-0.3, -0.25) is 9.69 Å². The van der Waals surface area contributed by atoms with Crippen LogP contribution in [0, 0.1) is 5.92 Å². The molecule has 1 aliphatic carbocycles. The van der Waals surface area contributed by atoms with Gasteiger partial charge in [0.1, 0.15) is 5.75 Å². The van der Waals surface area contributed by atoms with Gasteiger partial charge in [0, 0.05) is 12.6 Å². The summed E-state index contributed by atoms with van der Waals surface area (Å²) in [4.78, 5) is 13.3.